The Morgan fingerprint density at radius 2 is 2.22 bits per heavy atom. The number of anilines is 1. The van der Waals surface area contributed by atoms with Crippen molar-refractivity contribution in [1.29, 1.82) is 5.26 Å². The van der Waals surface area contributed by atoms with E-state index in [0.29, 0.717) is 18.7 Å². The Labute approximate surface area is 115 Å². The molecule has 0 aliphatic rings. The van der Waals surface area contributed by atoms with Gasteiger partial charge in [0.1, 0.15) is 12.6 Å². The maximum Gasteiger partial charge on any atom is 0.325 e. The smallest absolute Gasteiger partial charge is 0.325 e. The van der Waals surface area contributed by atoms with Crippen LogP contribution in [-0.4, -0.2) is 25.7 Å². The lowest BCUT2D eigenvalue weighted by Crippen LogP contribution is -2.31. The van der Waals surface area contributed by atoms with Crippen LogP contribution in [0.25, 0.3) is 0 Å². The van der Waals surface area contributed by atoms with Crippen LogP contribution in [0.4, 0.5) is 5.69 Å². The monoisotopic (exact) mass is 310 g/mol. The number of benzene rings is 1. The SMILES string of the molecule is CCOC(=O)CN(CC)c1cccc(Br)c1C#N. The zero-order valence-electron chi connectivity index (χ0n) is 10.4. The van der Waals surface area contributed by atoms with Crippen molar-refractivity contribution in [2.75, 3.05) is 24.6 Å². The second-order valence-electron chi connectivity index (χ2n) is 3.56. The highest BCUT2D eigenvalue weighted by atomic mass is 79.9. The molecule has 0 heterocycles. The fourth-order valence-corrected chi connectivity index (χ4v) is 2.06. The molecule has 0 unspecified atom stereocenters. The topological polar surface area (TPSA) is 53.3 Å². The minimum Gasteiger partial charge on any atom is -0.465 e. The number of nitriles is 1. The van der Waals surface area contributed by atoms with Crippen LogP contribution in [0, 0.1) is 11.3 Å². The van der Waals surface area contributed by atoms with Crippen LogP contribution in [0.5, 0.6) is 0 Å². The quantitative estimate of drug-likeness (QED) is 0.785. The summed E-state index contributed by atoms with van der Waals surface area (Å²) >= 11 is 3.34. The average Bonchev–Trinajstić information content (AvgIpc) is 2.36. The molecule has 96 valence electrons. The molecule has 5 heteroatoms. The van der Waals surface area contributed by atoms with Crippen molar-refractivity contribution in [3.05, 3.63) is 28.2 Å². The molecule has 0 aromatic heterocycles. The molecule has 0 saturated heterocycles. The maximum absolute atomic E-state index is 11.5. The number of rotatable bonds is 5. The number of esters is 1. The highest BCUT2D eigenvalue weighted by Crippen LogP contribution is 2.26. The molecule has 1 aromatic carbocycles. The predicted molar refractivity (Wildman–Crippen MR) is 73.4 cm³/mol. The van der Waals surface area contributed by atoms with Crippen LogP contribution in [0.2, 0.25) is 0 Å². The van der Waals surface area contributed by atoms with E-state index < -0.39 is 0 Å². The Bertz CT molecular complexity index is 469. The summed E-state index contributed by atoms with van der Waals surface area (Å²) in [6.07, 6.45) is 0. The van der Waals surface area contributed by atoms with E-state index in [2.05, 4.69) is 22.0 Å². The molecular weight excluding hydrogens is 296 g/mol. The van der Waals surface area contributed by atoms with Gasteiger partial charge in [-0.3, -0.25) is 4.79 Å². The number of nitrogens with zero attached hydrogens (tertiary/aromatic N) is 2. The second kappa shape index (κ2) is 7.02. The summed E-state index contributed by atoms with van der Waals surface area (Å²) in [5, 5.41) is 9.16. The zero-order chi connectivity index (χ0) is 13.5. The van der Waals surface area contributed by atoms with E-state index in [4.69, 9.17) is 10.00 Å². The van der Waals surface area contributed by atoms with Gasteiger partial charge in [0.25, 0.3) is 0 Å². The third-order valence-corrected chi connectivity index (χ3v) is 3.11. The van der Waals surface area contributed by atoms with Crippen molar-refractivity contribution < 1.29 is 9.53 Å². The summed E-state index contributed by atoms with van der Waals surface area (Å²) in [6, 6.07) is 7.62. The number of ether oxygens (including phenoxy) is 1. The number of carbonyl (C=O) groups is 1. The summed E-state index contributed by atoms with van der Waals surface area (Å²) in [5.41, 5.74) is 1.27. The van der Waals surface area contributed by atoms with Crippen molar-refractivity contribution in [1.82, 2.24) is 0 Å². The Kier molecular flexibility index (Phi) is 5.66. The van der Waals surface area contributed by atoms with Gasteiger partial charge in [-0.2, -0.15) is 5.26 Å². The lowest BCUT2D eigenvalue weighted by atomic mass is 10.1. The third-order valence-electron chi connectivity index (χ3n) is 2.45. The van der Waals surface area contributed by atoms with Crippen LogP contribution in [0.1, 0.15) is 19.4 Å². The van der Waals surface area contributed by atoms with Crippen LogP contribution < -0.4 is 4.90 Å². The van der Waals surface area contributed by atoms with Gasteiger partial charge in [0.2, 0.25) is 0 Å². The second-order valence-corrected chi connectivity index (χ2v) is 4.42. The molecular formula is C13H15BrN2O2. The fraction of sp³-hybridized carbons (Fsp3) is 0.385. The summed E-state index contributed by atoms with van der Waals surface area (Å²) in [6.45, 7) is 4.84. The molecule has 0 aliphatic heterocycles. The lowest BCUT2D eigenvalue weighted by molar-refractivity contribution is -0.141. The van der Waals surface area contributed by atoms with Gasteiger partial charge >= 0.3 is 5.97 Å². The summed E-state index contributed by atoms with van der Waals surface area (Å²) < 4.78 is 5.65. The summed E-state index contributed by atoms with van der Waals surface area (Å²) in [5.74, 6) is -0.289. The maximum atomic E-state index is 11.5. The van der Waals surface area contributed by atoms with E-state index in [0.717, 1.165) is 10.2 Å². The molecule has 0 amide bonds. The number of hydrogen-bond donors (Lipinski definition) is 0. The Hall–Kier alpha value is -1.54. The first-order chi connectivity index (χ1) is 8.63. The van der Waals surface area contributed by atoms with Crippen LogP contribution in [0.3, 0.4) is 0 Å². The van der Waals surface area contributed by atoms with E-state index in [1.807, 2.05) is 24.0 Å². The van der Waals surface area contributed by atoms with Crippen molar-refractivity contribution >= 4 is 27.6 Å². The standard InChI is InChI=1S/C13H15BrN2O2/c1-3-16(9-13(17)18-4-2)12-7-5-6-11(14)10(12)8-15/h5-7H,3-4,9H2,1-2H3. The minimum absolute atomic E-state index is 0.148. The average molecular weight is 311 g/mol. The molecule has 0 radical (unpaired) electrons. The van der Waals surface area contributed by atoms with Crippen molar-refractivity contribution in [2.24, 2.45) is 0 Å². The first kappa shape index (κ1) is 14.5. The van der Waals surface area contributed by atoms with Crippen LogP contribution in [-0.2, 0) is 9.53 Å². The number of likely N-dealkylation sites (N-methyl/N-ethyl adjacent to an activating group) is 1. The molecule has 0 bridgehead atoms. The fourth-order valence-electron chi connectivity index (χ4n) is 1.62. The Balaban J connectivity index is 2.99. The van der Waals surface area contributed by atoms with E-state index in [1.165, 1.54) is 0 Å². The van der Waals surface area contributed by atoms with E-state index >= 15 is 0 Å². The number of hydrogen-bond acceptors (Lipinski definition) is 4. The highest BCUT2D eigenvalue weighted by molar-refractivity contribution is 9.10. The zero-order valence-corrected chi connectivity index (χ0v) is 12.0. The van der Waals surface area contributed by atoms with E-state index in [-0.39, 0.29) is 12.5 Å². The van der Waals surface area contributed by atoms with Gasteiger partial charge in [0.15, 0.2) is 0 Å². The molecule has 18 heavy (non-hydrogen) atoms. The predicted octanol–water partition coefficient (Wildman–Crippen LogP) is 2.71. The van der Waals surface area contributed by atoms with Gasteiger partial charge in [0.05, 0.1) is 17.9 Å². The summed E-state index contributed by atoms with van der Waals surface area (Å²) in [7, 11) is 0. The largest absolute Gasteiger partial charge is 0.465 e. The normalized spacial score (nSPS) is 9.67. The van der Waals surface area contributed by atoms with Crippen molar-refractivity contribution in [3.8, 4) is 6.07 Å². The first-order valence-electron chi connectivity index (χ1n) is 5.73. The van der Waals surface area contributed by atoms with Gasteiger partial charge in [-0.15, -0.1) is 0 Å². The van der Waals surface area contributed by atoms with E-state index in [1.54, 1.807) is 13.0 Å². The van der Waals surface area contributed by atoms with E-state index in [9.17, 15) is 4.79 Å². The number of carbonyl (C=O) groups excluding carboxylic acids is 1. The van der Waals surface area contributed by atoms with Crippen molar-refractivity contribution in [2.45, 2.75) is 13.8 Å². The van der Waals surface area contributed by atoms with Gasteiger partial charge in [0, 0.05) is 11.0 Å². The molecule has 0 spiro atoms. The molecule has 0 saturated carbocycles. The lowest BCUT2D eigenvalue weighted by Gasteiger charge is -2.23. The molecule has 4 nitrogen and oxygen atoms in total. The van der Waals surface area contributed by atoms with Gasteiger partial charge in [-0.1, -0.05) is 6.07 Å². The van der Waals surface area contributed by atoms with Crippen LogP contribution in [0.15, 0.2) is 22.7 Å². The molecule has 1 rings (SSSR count). The molecule has 0 atom stereocenters. The molecule has 0 fully saturated rings. The molecule has 1 aromatic rings. The highest BCUT2D eigenvalue weighted by Gasteiger charge is 2.15. The Morgan fingerprint density at radius 3 is 2.78 bits per heavy atom. The summed E-state index contributed by atoms with van der Waals surface area (Å²) in [4.78, 5) is 13.3. The Morgan fingerprint density at radius 1 is 1.50 bits per heavy atom. The van der Waals surface area contributed by atoms with Crippen molar-refractivity contribution in [3.63, 3.8) is 0 Å². The first-order valence-corrected chi connectivity index (χ1v) is 6.52. The third kappa shape index (κ3) is 3.47. The van der Waals surface area contributed by atoms with Crippen LogP contribution >= 0.6 is 15.9 Å². The number of halogens is 1. The van der Waals surface area contributed by atoms with Gasteiger partial charge < -0.3 is 9.64 Å². The van der Waals surface area contributed by atoms with Gasteiger partial charge in [-0.25, -0.2) is 0 Å². The molecule has 0 aliphatic carbocycles. The minimum atomic E-state index is -0.289. The van der Waals surface area contributed by atoms with Gasteiger partial charge in [-0.05, 0) is 41.9 Å². The molecule has 0 N–H and O–H groups in total.